The Kier molecular flexibility index (Phi) is 6.83. The Morgan fingerprint density at radius 1 is 0.800 bits per heavy atom. The second kappa shape index (κ2) is 9.92. The molecule has 4 rings (SSSR count). The van der Waals surface area contributed by atoms with Gasteiger partial charge >= 0.3 is 0 Å². The molecule has 0 unspecified atom stereocenters. The van der Waals surface area contributed by atoms with Crippen molar-refractivity contribution >= 4 is 0 Å². The van der Waals surface area contributed by atoms with Crippen LogP contribution in [0.25, 0.3) is 11.1 Å². The third kappa shape index (κ3) is 5.29. The van der Waals surface area contributed by atoms with Gasteiger partial charge in [0, 0.05) is 19.1 Å². The first-order valence-corrected chi connectivity index (χ1v) is 10.9. The summed E-state index contributed by atoms with van der Waals surface area (Å²) < 4.78 is 5.30. The van der Waals surface area contributed by atoms with E-state index in [2.05, 4.69) is 83.6 Å². The van der Waals surface area contributed by atoms with Crippen LogP contribution in [0, 0.1) is 0 Å². The van der Waals surface area contributed by atoms with Crippen LogP contribution < -0.4 is 4.74 Å². The van der Waals surface area contributed by atoms with Crippen LogP contribution in [0.2, 0.25) is 0 Å². The number of ether oxygens (including phenoxy) is 1. The highest BCUT2D eigenvalue weighted by Gasteiger charge is 2.23. The molecule has 0 aromatic heterocycles. The van der Waals surface area contributed by atoms with Gasteiger partial charge in [-0.25, -0.2) is 0 Å². The summed E-state index contributed by atoms with van der Waals surface area (Å²) in [4.78, 5) is 5.12. The molecule has 1 heterocycles. The van der Waals surface area contributed by atoms with Crippen LogP contribution in [0.15, 0.2) is 78.9 Å². The maximum atomic E-state index is 5.30. The third-order valence-corrected chi connectivity index (χ3v) is 6.17. The van der Waals surface area contributed by atoms with Crippen LogP contribution in [-0.2, 0) is 13.1 Å². The van der Waals surface area contributed by atoms with Crippen molar-refractivity contribution < 1.29 is 4.74 Å². The van der Waals surface area contributed by atoms with Gasteiger partial charge in [-0.05, 0) is 73.4 Å². The Bertz CT molecular complexity index is 915. The molecule has 0 saturated carbocycles. The standard InChI is InChI=1S/C27H32N2O/c1-28-17-15-26(16-18-28)29(20-22-7-4-3-5-8-22)21-23-9-6-10-25(19-23)24-11-13-27(30-2)14-12-24/h3-14,19,26H,15-18,20-21H2,1-2H3. The number of hydrogen-bond acceptors (Lipinski definition) is 3. The summed E-state index contributed by atoms with van der Waals surface area (Å²) in [6.07, 6.45) is 2.48. The first-order valence-electron chi connectivity index (χ1n) is 10.9. The minimum absolute atomic E-state index is 0.631. The Morgan fingerprint density at radius 2 is 1.47 bits per heavy atom. The van der Waals surface area contributed by atoms with Crippen molar-refractivity contribution in [1.29, 1.82) is 0 Å². The molecule has 1 saturated heterocycles. The average molecular weight is 401 g/mol. The normalized spacial score (nSPS) is 15.4. The molecule has 1 aliphatic rings. The summed E-state index contributed by atoms with van der Waals surface area (Å²) >= 11 is 0. The lowest BCUT2D eigenvalue weighted by molar-refractivity contribution is 0.108. The van der Waals surface area contributed by atoms with Crippen molar-refractivity contribution in [1.82, 2.24) is 9.80 Å². The number of likely N-dealkylation sites (tertiary alicyclic amines) is 1. The summed E-state index contributed by atoms with van der Waals surface area (Å²) in [5.74, 6) is 0.895. The van der Waals surface area contributed by atoms with Gasteiger partial charge in [0.2, 0.25) is 0 Å². The molecule has 156 valence electrons. The molecule has 0 bridgehead atoms. The van der Waals surface area contributed by atoms with Crippen molar-refractivity contribution in [2.45, 2.75) is 32.0 Å². The summed E-state index contributed by atoms with van der Waals surface area (Å²) in [6, 6.07) is 28.8. The molecular weight excluding hydrogens is 368 g/mol. The molecule has 0 aliphatic carbocycles. The largest absolute Gasteiger partial charge is 0.497 e. The first-order chi connectivity index (χ1) is 14.7. The molecule has 0 N–H and O–H groups in total. The highest BCUT2D eigenvalue weighted by Crippen LogP contribution is 2.26. The van der Waals surface area contributed by atoms with Crippen molar-refractivity contribution in [3.63, 3.8) is 0 Å². The fourth-order valence-corrected chi connectivity index (χ4v) is 4.36. The Balaban J connectivity index is 1.54. The van der Waals surface area contributed by atoms with Gasteiger partial charge in [0.25, 0.3) is 0 Å². The fourth-order valence-electron chi connectivity index (χ4n) is 4.36. The van der Waals surface area contributed by atoms with E-state index in [0.717, 1.165) is 18.8 Å². The number of rotatable bonds is 7. The van der Waals surface area contributed by atoms with Crippen LogP contribution >= 0.6 is 0 Å². The van der Waals surface area contributed by atoms with Gasteiger partial charge in [0.15, 0.2) is 0 Å². The molecule has 1 aliphatic heterocycles. The molecule has 3 nitrogen and oxygen atoms in total. The van der Waals surface area contributed by atoms with Gasteiger partial charge in [-0.3, -0.25) is 4.90 Å². The van der Waals surface area contributed by atoms with E-state index >= 15 is 0 Å². The fraction of sp³-hybridized carbons (Fsp3) is 0.333. The lowest BCUT2D eigenvalue weighted by Gasteiger charge is -2.37. The Morgan fingerprint density at radius 3 is 2.17 bits per heavy atom. The first kappa shape index (κ1) is 20.6. The van der Waals surface area contributed by atoms with Crippen molar-refractivity contribution in [3.05, 3.63) is 90.0 Å². The molecule has 0 amide bonds. The van der Waals surface area contributed by atoms with E-state index in [1.54, 1.807) is 7.11 Å². The Labute approximate surface area is 180 Å². The van der Waals surface area contributed by atoms with Gasteiger partial charge in [0.05, 0.1) is 7.11 Å². The van der Waals surface area contributed by atoms with Gasteiger partial charge in [0.1, 0.15) is 5.75 Å². The molecule has 0 atom stereocenters. The number of hydrogen-bond donors (Lipinski definition) is 0. The smallest absolute Gasteiger partial charge is 0.118 e. The highest BCUT2D eigenvalue weighted by molar-refractivity contribution is 5.64. The van der Waals surface area contributed by atoms with Gasteiger partial charge < -0.3 is 9.64 Å². The summed E-state index contributed by atoms with van der Waals surface area (Å²) in [7, 11) is 3.94. The maximum absolute atomic E-state index is 5.30. The molecule has 1 fully saturated rings. The van der Waals surface area contributed by atoms with Crippen LogP contribution in [0.4, 0.5) is 0 Å². The topological polar surface area (TPSA) is 15.7 Å². The molecule has 30 heavy (non-hydrogen) atoms. The molecular formula is C27H32N2O. The SMILES string of the molecule is COc1ccc(-c2cccc(CN(Cc3ccccc3)C3CCN(C)CC3)c2)cc1. The van der Waals surface area contributed by atoms with Gasteiger partial charge in [-0.2, -0.15) is 0 Å². The lowest BCUT2D eigenvalue weighted by Crippen LogP contribution is -2.43. The predicted molar refractivity (Wildman–Crippen MR) is 125 cm³/mol. The predicted octanol–water partition coefficient (Wildman–Crippen LogP) is 5.46. The van der Waals surface area contributed by atoms with Crippen LogP contribution in [0.1, 0.15) is 24.0 Å². The van der Waals surface area contributed by atoms with Crippen LogP contribution in [-0.4, -0.2) is 43.1 Å². The zero-order chi connectivity index (χ0) is 20.8. The molecule has 0 spiro atoms. The molecule has 3 aromatic rings. The number of methoxy groups -OCH3 is 1. The maximum Gasteiger partial charge on any atom is 0.118 e. The summed E-state index contributed by atoms with van der Waals surface area (Å²) in [6.45, 7) is 4.35. The van der Waals surface area contributed by atoms with Crippen molar-refractivity contribution in [3.8, 4) is 16.9 Å². The van der Waals surface area contributed by atoms with Crippen molar-refractivity contribution in [2.24, 2.45) is 0 Å². The molecule has 0 radical (unpaired) electrons. The number of piperidine rings is 1. The minimum atomic E-state index is 0.631. The van der Waals surface area contributed by atoms with Crippen molar-refractivity contribution in [2.75, 3.05) is 27.2 Å². The Hall–Kier alpha value is -2.62. The number of nitrogens with zero attached hydrogens (tertiary/aromatic N) is 2. The third-order valence-electron chi connectivity index (χ3n) is 6.17. The zero-order valence-electron chi connectivity index (χ0n) is 18.1. The second-order valence-electron chi connectivity index (χ2n) is 8.35. The quantitative estimate of drug-likeness (QED) is 0.524. The van der Waals surface area contributed by atoms with Crippen LogP contribution in [0.5, 0.6) is 5.75 Å². The lowest BCUT2D eigenvalue weighted by atomic mass is 9.99. The number of benzene rings is 3. The van der Waals surface area contributed by atoms with E-state index in [-0.39, 0.29) is 0 Å². The van der Waals surface area contributed by atoms with E-state index < -0.39 is 0 Å². The van der Waals surface area contributed by atoms with Gasteiger partial charge in [-0.1, -0.05) is 60.7 Å². The van der Waals surface area contributed by atoms with E-state index in [1.165, 1.54) is 48.2 Å². The average Bonchev–Trinajstić information content (AvgIpc) is 2.80. The van der Waals surface area contributed by atoms with E-state index in [1.807, 2.05) is 12.1 Å². The van der Waals surface area contributed by atoms with Crippen LogP contribution in [0.3, 0.4) is 0 Å². The summed E-state index contributed by atoms with van der Waals surface area (Å²) in [5, 5.41) is 0. The van der Waals surface area contributed by atoms with E-state index in [0.29, 0.717) is 6.04 Å². The van der Waals surface area contributed by atoms with E-state index in [4.69, 9.17) is 4.74 Å². The van der Waals surface area contributed by atoms with E-state index in [9.17, 15) is 0 Å². The minimum Gasteiger partial charge on any atom is -0.497 e. The van der Waals surface area contributed by atoms with Gasteiger partial charge in [-0.15, -0.1) is 0 Å². The highest BCUT2D eigenvalue weighted by atomic mass is 16.5. The summed E-state index contributed by atoms with van der Waals surface area (Å²) in [5.41, 5.74) is 5.26. The molecule has 3 heteroatoms. The zero-order valence-corrected chi connectivity index (χ0v) is 18.1. The molecule has 3 aromatic carbocycles. The monoisotopic (exact) mass is 400 g/mol. The second-order valence-corrected chi connectivity index (χ2v) is 8.35.